The molecule has 0 radical (unpaired) electrons. The minimum absolute atomic E-state index is 0.465. The second-order valence-corrected chi connectivity index (χ2v) is 4.40. The lowest BCUT2D eigenvalue weighted by molar-refractivity contribution is 0.307. The summed E-state index contributed by atoms with van der Waals surface area (Å²) in [5.41, 5.74) is 7.95. The molecule has 1 aromatic heterocycles. The second kappa shape index (κ2) is 6.15. The van der Waals surface area contributed by atoms with E-state index in [-0.39, 0.29) is 0 Å². The molecule has 1 heterocycles. The van der Waals surface area contributed by atoms with Crippen molar-refractivity contribution in [2.24, 2.45) is 0 Å². The van der Waals surface area contributed by atoms with E-state index in [1.807, 2.05) is 25.2 Å². The maximum atomic E-state index is 5.88. The summed E-state index contributed by atoms with van der Waals surface area (Å²) in [6, 6.07) is 10.3. The van der Waals surface area contributed by atoms with Crippen LogP contribution < -0.4 is 10.5 Å². The minimum atomic E-state index is 0.465. The van der Waals surface area contributed by atoms with Gasteiger partial charge in [-0.15, -0.1) is 0 Å². The van der Waals surface area contributed by atoms with E-state index in [2.05, 4.69) is 27.0 Å². The van der Waals surface area contributed by atoms with Gasteiger partial charge >= 0.3 is 0 Å². The van der Waals surface area contributed by atoms with Gasteiger partial charge in [0.2, 0.25) is 5.88 Å². The molecule has 0 unspecified atom stereocenters. The quantitative estimate of drug-likeness (QED) is 0.884. The Morgan fingerprint density at radius 1 is 1.16 bits per heavy atom. The molecule has 0 aliphatic rings. The molecule has 0 spiro atoms. The Morgan fingerprint density at radius 2 is 1.89 bits per heavy atom. The van der Waals surface area contributed by atoms with Crippen LogP contribution in [0.5, 0.6) is 5.88 Å². The molecule has 0 fully saturated rings. The molecular formula is C14H18N4O. The van der Waals surface area contributed by atoms with Crippen LogP contribution in [0.15, 0.2) is 36.7 Å². The van der Waals surface area contributed by atoms with Crippen LogP contribution in [0.25, 0.3) is 0 Å². The molecule has 0 saturated carbocycles. The number of methoxy groups -OCH3 is 1. The lowest BCUT2D eigenvalue weighted by atomic mass is 10.2. The van der Waals surface area contributed by atoms with Crippen molar-refractivity contribution in [2.45, 2.75) is 13.1 Å². The summed E-state index contributed by atoms with van der Waals surface area (Å²) in [5.74, 6) is 0.999. The van der Waals surface area contributed by atoms with Crippen LogP contribution in [0.2, 0.25) is 0 Å². The molecule has 100 valence electrons. The van der Waals surface area contributed by atoms with Crippen LogP contribution in [0.4, 0.5) is 5.82 Å². The van der Waals surface area contributed by atoms with E-state index in [1.165, 1.54) is 11.9 Å². The lowest BCUT2D eigenvalue weighted by Gasteiger charge is -2.18. The van der Waals surface area contributed by atoms with Gasteiger partial charge in [-0.25, -0.2) is 9.97 Å². The third kappa shape index (κ3) is 3.42. The fraction of sp³-hybridized carbons (Fsp3) is 0.286. The lowest BCUT2D eigenvalue weighted by Crippen LogP contribution is -2.19. The van der Waals surface area contributed by atoms with Gasteiger partial charge in [0, 0.05) is 13.1 Å². The van der Waals surface area contributed by atoms with Crippen molar-refractivity contribution >= 4 is 5.82 Å². The van der Waals surface area contributed by atoms with Gasteiger partial charge in [-0.3, -0.25) is 4.90 Å². The summed E-state index contributed by atoms with van der Waals surface area (Å²) in [6.07, 6.45) is 1.41. The fourth-order valence-corrected chi connectivity index (χ4v) is 1.95. The highest BCUT2D eigenvalue weighted by Gasteiger charge is 2.12. The molecule has 0 bridgehead atoms. The number of benzene rings is 1. The van der Waals surface area contributed by atoms with Gasteiger partial charge in [0.05, 0.1) is 12.7 Å². The number of hydrogen-bond acceptors (Lipinski definition) is 5. The number of nitrogens with zero attached hydrogens (tertiary/aromatic N) is 3. The Bertz CT molecular complexity index is 530. The zero-order valence-electron chi connectivity index (χ0n) is 11.2. The van der Waals surface area contributed by atoms with Gasteiger partial charge in [-0.1, -0.05) is 30.3 Å². The van der Waals surface area contributed by atoms with E-state index >= 15 is 0 Å². The van der Waals surface area contributed by atoms with Gasteiger partial charge in [0.1, 0.15) is 12.1 Å². The molecule has 0 atom stereocenters. The Morgan fingerprint density at radius 3 is 2.58 bits per heavy atom. The molecular weight excluding hydrogens is 240 g/mol. The number of nitrogen functional groups attached to an aromatic ring is 1. The molecule has 5 nitrogen and oxygen atoms in total. The highest BCUT2D eigenvalue weighted by Crippen LogP contribution is 2.21. The molecule has 0 saturated heterocycles. The van der Waals surface area contributed by atoms with Crippen molar-refractivity contribution in [3.05, 3.63) is 47.8 Å². The van der Waals surface area contributed by atoms with Gasteiger partial charge < -0.3 is 10.5 Å². The SMILES string of the molecule is COc1ncnc(N)c1CN(C)Cc1ccccc1. The summed E-state index contributed by atoms with van der Waals surface area (Å²) in [4.78, 5) is 10.2. The predicted molar refractivity (Wildman–Crippen MR) is 74.6 cm³/mol. The second-order valence-electron chi connectivity index (χ2n) is 4.40. The highest BCUT2D eigenvalue weighted by molar-refractivity contribution is 5.44. The first-order chi connectivity index (χ1) is 9.20. The molecule has 5 heteroatoms. The number of hydrogen-bond donors (Lipinski definition) is 1. The molecule has 1 aromatic carbocycles. The number of anilines is 1. The smallest absolute Gasteiger partial charge is 0.222 e. The molecule has 0 aliphatic heterocycles. The van der Waals surface area contributed by atoms with Gasteiger partial charge in [-0.05, 0) is 12.6 Å². The topological polar surface area (TPSA) is 64.3 Å². The van der Waals surface area contributed by atoms with Crippen LogP contribution >= 0.6 is 0 Å². The largest absolute Gasteiger partial charge is 0.481 e. The Kier molecular flexibility index (Phi) is 4.30. The highest BCUT2D eigenvalue weighted by atomic mass is 16.5. The van der Waals surface area contributed by atoms with Crippen LogP contribution in [-0.4, -0.2) is 29.0 Å². The van der Waals surface area contributed by atoms with Crippen molar-refractivity contribution in [1.29, 1.82) is 0 Å². The summed E-state index contributed by atoms with van der Waals surface area (Å²) >= 11 is 0. The number of nitrogens with two attached hydrogens (primary N) is 1. The van der Waals surface area contributed by atoms with Crippen LogP contribution in [0, 0.1) is 0 Å². The Labute approximate surface area is 113 Å². The van der Waals surface area contributed by atoms with Crippen molar-refractivity contribution in [3.63, 3.8) is 0 Å². The van der Waals surface area contributed by atoms with Crippen molar-refractivity contribution in [2.75, 3.05) is 19.9 Å². The van der Waals surface area contributed by atoms with Crippen LogP contribution in [-0.2, 0) is 13.1 Å². The van der Waals surface area contributed by atoms with E-state index in [0.717, 1.165) is 12.1 Å². The first-order valence-electron chi connectivity index (χ1n) is 6.06. The predicted octanol–water partition coefficient (Wildman–Crippen LogP) is 1.70. The van der Waals surface area contributed by atoms with Crippen molar-refractivity contribution in [3.8, 4) is 5.88 Å². The first-order valence-corrected chi connectivity index (χ1v) is 6.06. The van der Waals surface area contributed by atoms with E-state index in [9.17, 15) is 0 Å². The Hall–Kier alpha value is -2.14. The van der Waals surface area contributed by atoms with Gasteiger partial charge in [-0.2, -0.15) is 0 Å². The molecule has 0 amide bonds. The van der Waals surface area contributed by atoms with Crippen molar-refractivity contribution in [1.82, 2.24) is 14.9 Å². The summed E-state index contributed by atoms with van der Waals surface area (Å²) in [7, 11) is 3.61. The third-order valence-electron chi connectivity index (χ3n) is 2.86. The zero-order chi connectivity index (χ0) is 13.7. The summed E-state index contributed by atoms with van der Waals surface area (Å²) < 4.78 is 5.22. The number of aromatic nitrogens is 2. The van der Waals surface area contributed by atoms with Crippen molar-refractivity contribution < 1.29 is 4.74 Å². The number of ether oxygens (including phenoxy) is 1. The van der Waals surface area contributed by atoms with Crippen LogP contribution in [0.1, 0.15) is 11.1 Å². The molecule has 0 aliphatic carbocycles. The molecule has 2 N–H and O–H groups in total. The maximum absolute atomic E-state index is 5.88. The minimum Gasteiger partial charge on any atom is -0.481 e. The standard InChI is InChI=1S/C14H18N4O/c1-18(8-11-6-4-3-5-7-11)9-12-13(15)16-10-17-14(12)19-2/h3-7,10H,8-9H2,1-2H3,(H2,15,16,17). The van der Waals surface area contributed by atoms with E-state index < -0.39 is 0 Å². The molecule has 2 aromatic rings. The fourth-order valence-electron chi connectivity index (χ4n) is 1.95. The third-order valence-corrected chi connectivity index (χ3v) is 2.86. The summed E-state index contributed by atoms with van der Waals surface area (Å²) in [6.45, 7) is 1.48. The molecule has 2 rings (SSSR count). The molecule has 19 heavy (non-hydrogen) atoms. The monoisotopic (exact) mass is 258 g/mol. The normalized spacial score (nSPS) is 10.7. The van der Waals surface area contributed by atoms with Gasteiger partial charge in [0.15, 0.2) is 0 Å². The summed E-state index contributed by atoms with van der Waals surface area (Å²) in [5, 5.41) is 0. The Balaban J connectivity index is 2.09. The average Bonchev–Trinajstić information content (AvgIpc) is 2.42. The zero-order valence-corrected chi connectivity index (χ0v) is 11.2. The maximum Gasteiger partial charge on any atom is 0.222 e. The van der Waals surface area contributed by atoms with Gasteiger partial charge in [0.25, 0.3) is 0 Å². The first kappa shape index (κ1) is 13.3. The van der Waals surface area contributed by atoms with E-state index in [1.54, 1.807) is 7.11 Å². The van der Waals surface area contributed by atoms with E-state index in [0.29, 0.717) is 18.2 Å². The average molecular weight is 258 g/mol. The van der Waals surface area contributed by atoms with E-state index in [4.69, 9.17) is 10.5 Å². The van der Waals surface area contributed by atoms with Crippen LogP contribution in [0.3, 0.4) is 0 Å². The number of rotatable bonds is 5.